The summed E-state index contributed by atoms with van der Waals surface area (Å²) in [5.74, 6) is 0.733. The van der Waals surface area contributed by atoms with Gasteiger partial charge in [-0.05, 0) is 48.0 Å². The lowest BCUT2D eigenvalue weighted by molar-refractivity contribution is 1.07. The molecule has 20 heavy (non-hydrogen) atoms. The van der Waals surface area contributed by atoms with Crippen LogP contribution in [0.4, 0.5) is 0 Å². The average molecular weight is 319 g/mol. The van der Waals surface area contributed by atoms with E-state index in [9.17, 15) is 0 Å². The van der Waals surface area contributed by atoms with Crippen LogP contribution in [0.25, 0.3) is 22.0 Å². The van der Waals surface area contributed by atoms with Gasteiger partial charge >= 0.3 is 0 Å². The molecule has 2 heterocycles. The van der Waals surface area contributed by atoms with Gasteiger partial charge in [-0.25, -0.2) is 9.97 Å². The standard InChI is InChI=1S/C15H11ClN2S2/c1-19-14-9-12(13-3-2-8-20-13)17-15(18-14)10-4-6-11(16)7-5-10/h2-9H,1H3. The third-order valence-corrected chi connectivity index (χ3v) is 4.56. The van der Waals surface area contributed by atoms with Crippen LogP contribution in [0.3, 0.4) is 0 Å². The molecule has 0 aliphatic rings. The zero-order valence-corrected chi connectivity index (χ0v) is 13.1. The fourth-order valence-corrected chi connectivity index (χ4v) is 3.03. The van der Waals surface area contributed by atoms with E-state index >= 15 is 0 Å². The molecule has 1 aromatic carbocycles. The van der Waals surface area contributed by atoms with Crippen molar-refractivity contribution >= 4 is 34.7 Å². The molecule has 0 atom stereocenters. The highest BCUT2D eigenvalue weighted by atomic mass is 35.5. The number of hydrogen-bond acceptors (Lipinski definition) is 4. The second kappa shape index (κ2) is 5.95. The molecule has 0 saturated heterocycles. The molecule has 0 aliphatic heterocycles. The first-order valence-corrected chi connectivity index (χ1v) is 8.47. The number of thioether (sulfide) groups is 1. The zero-order chi connectivity index (χ0) is 13.9. The highest BCUT2D eigenvalue weighted by Gasteiger charge is 2.09. The Balaban J connectivity index is 2.11. The van der Waals surface area contributed by atoms with Crippen molar-refractivity contribution in [1.82, 2.24) is 9.97 Å². The van der Waals surface area contributed by atoms with Gasteiger partial charge in [0.1, 0.15) is 5.03 Å². The van der Waals surface area contributed by atoms with Gasteiger partial charge in [-0.3, -0.25) is 0 Å². The van der Waals surface area contributed by atoms with Crippen LogP contribution in [-0.2, 0) is 0 Å². The Labute approximate surface area is 130 Å². The number of thiophene rings is 1. The van der Waals surface area contributed by atoms with Crippen molar-refractivity contribution in [3.05, 3.63) is 52.9 Å². The summed E-state index contributed by atoms with van der Waals surface area (Å²) in [7, 11) is 0. The molecule has 0 amide bonds. The van der Waals surface area contributed by atoms with Gasteiger partial charge in [-0.1, -0.05) is 17.7 Å². The molecule has 2 nitrogen and oxygen atoms in total. The summed E-state index contributed by atoms with van der Waals surface area (Å²) >= 11 is 9.23. The molecule has 5 heteroatoms. The van der Waals surface area contributed by atoms with E-state index in [0.717, 1.165) is 27.0 Å². The van der Waals surface area contributed by atoms with E-state index in [4.69, 9.17) is 11.6 Å². The van der Waals surface area contributed by atoms with Crippen molar-refractivity contribution < 1.29 is 0 Å². The molecule has 0 radical (unpaired) electrons. The van der Waals surface area contributed by atoms with Gasteiger partial charge in [0.2, 0.25) is 0 Å². The van der Waals surface area contributed by atoms with Crippen molar-refractivity contribution in [3.63, 3.8) is 0 Å². The highest BCUT2D eigenvalue weighted by Crippen LogP contribution is 2.28. The molecule has 0 N–H and O–H groups in total. The van der Waals surface area contributed by atoms with Crippen LogP contribution >= 0.6 is 34.7 Å². The van der Waals surface area contributed by atoms with E-state index in [-0.39, 0.29) is 0 Å². The van der Waals surface area contributed by atoms with Gasteiger partial charge < -0.3 is 0 Å². The first-order valence-electron chi connectivity index (χ1n) is 5.99. The van der Waals surface area contributed by atoms with Gasteiger partial charge in [0, 0.05) is 10.6 Å². The van der Waals surface area contributed by atoms with Gasteiger partial charge in [0.15, 0.2) is 5.82 Å². The minimum atomic E-state index is 0.716. The minimum Gasteiger partial charge on any atom is -0.227 e. The predicted octanol–water partition coefficient (Wildman–Crippen LogP) is 5.25. The first kappa shape index (κ1) is 13.6. The summed E-state index contributed by atoms with van der Waals surface area (Å²) in [5, 5.41) is 3.74. The topological polar surface area (TPSA) is 25.8 Å². The lowest BCUT2D eigenvalue weighted by Gasteiger charge is -2.06. The SMILES string of the molecule is CSc1cc(-c2cccs2)nc(-c2ccc(Cl)cc2)n1. The number of aromatic nitrogens is 2. The third kappa shape index (κ3) is 2.87. The molecular weight excluding hydrogens is 308 g/mol. The molecule has 3 rings (SSSR count). The molecular formula is C15H11ClN2S2. The molecule has 0 saturated carbocycles. The Morgan fingerprint density at radius 1 is 1.10 bits per heavy atom. The van der Waals surface area contributed by atoms with Gasteiger partial charge in [-0.2, -0.15) is 0 Å². The lowest BCUT2D eigenvalue weighted by atomic mass is 10.2. The molecule has 0 spiro atoms. The van der Waals surface area contributed by atoms with Crippen molar-refractivity contribution in [2.75, 3.05) is 6.26 Å². The van der Waals surface area contributed by atoms with Crippen LogP contribution in [0.15, 0.2) is 52.9 Å². The van der Waals surface area contributed by atoms with Crippen molar-refractivity contribution in [2.24, 2.45) is 0 Å². The second-order valence-corrected chi connectivity index (χ2v) is 6.31. The molecule has 0 bridgehead atoms. The van der Waals surface area contributed by atoms with E-state index in [1.165, 1.54) is 0 Å². The lowest BCUT2D eigenvalue weighted by Crippen LogP contribution is -1.93. The van der Waals surface area contributed by atoms with Crippen LogP contribution in [0.1, 0.15) is 0 Å². The van der Waals surface area contributed by atoms with E-state index in [2.05, 4.69) is 21.4 Å². The highest BCUT2D eigenvalue weighted by molar-refractivity contribution is 7.98. The third-order valence-electron chi connectivity index (χ3n) is 2.79. The van der Waals surface area contributed by atoms with Crippen LogP contribution in [0, 0.1) is 0 Å². The normalized spacial score (nSPS) is 10.7. The molecule has 0 fully saturated rings. The molecule has 2 aromatic heterocycles. The summed E-state index contributed by atoms with van der Waals surface area (Å²) < 4.78 is 0. The Morgan fingerprint density at radius 2 is 1.90 bits per heavy atom. The van der Waals surface area contributed by atoms with Gasteiger partial charge in [0.25, 0.3) is 0 Å². The molecule has 100 valence electrons. The maximum atomic E-state index is 5.93. The quantitative estimate of drug-likeness (QED) is 0.487. The second-order valence-electron chi connectivity index (χ2n) is 4.10. The zero-order valence-electron chi connectivity index (χ0n) is 10.7. The number of rotatable bonds is 3. The van der Waals surface area contributed by atoms with E-state index in [1.807, 2.05) is 42.7 Å². The predicted molar refractivity (Wildman–Crippen MR) is 87.6 cm³/mol. The van der Waals surface area contributed by atoms with E-state index in [1.54, 1.807) is 23.1 Å². The number of halogens is 1. The Morgan fingerprint density at radius 3 is 2.55 bits per heavy atom. The summed E-state index contributed by atoms with van der Waals surface area (Å²) in [6.07, 6.45) is 2.02. The molecule has 0 unspecified atom stereocenters. The molecule has 3 aromatic rings. The number of nitrogens with zero attached hydrogens (tertiary/aromatic N) is 2. The molecule has 0 aliphatic carbocycles. The summed E-state index contributed by atoms with van der Waals surface area (Å²) in [6, 6.07) is 13.7. The van der Waals surface area contributed by atoms with Crippen LogP contribution in [0.5, 0.6) is 0 Å². The fourth-order valence-electron chi connectivity index (χ4n) is 1.81. The Kier molecular flexibility index (Phi) is 4.05. The fraction of sp³-hybridized carbons (Fsp3) is 0.0667. The van der Waals surface area contributed by atoms with E-state index < -0.39 is 0 Å². The maximum Gasteiger partial charge on any atom is 0.161 e. The van der Waals surface area contributed by atoms with Crippen LogP contribution < -0.4 is 0 Å². The van der Waals surface area contributed by atoms with Crippen molar-refractivity contribution in [3.8, 4) is 22.0 Å². The summed E-state index contributed by atoms with van der Waals surface area (Å²) in [6.45, 7) is 0. The minimum absolute atomic E-state index is 0.716. The smallest absolute Gasteiger partial charge is 0.161 e. The Hall–Kier alpha value is -1.36. The van der Waals surface area contributed by atoms with Crippen molar-refractivity contribution in [2.45, 2.75) is 5.03 Å². The number of benzene rings is 1. The van der Waals surface area contributed by atoms with Gasteiger partial charge in [-0.15, -0.1) is 23.1 Å². The summed E-state index contributed by atoms with van der Waals surface area (Å²) in [5.41, 5.74) is 1.94. The van der Waals surface area contributed by atoms with Crippen molar-refractivity contribution in [1.29, 1.82) is 0 Å². The van der Waals surface area contributed by atoms with Gasteiger partial charge in [0.05, 0.1) is 10.6 Å². The first-order chi connectivity index (χ1) is 9.76. The maximum absolute atomic E-state index is 5.93. The monoisotopic (exact) mass is 318 g/mol. The van der Waals surface area contributed by atoms with Crippen LogP contribution in [-0.4, -0.2) is 16.2 Å². The number of hydrogen-bond donors (Lipinski definition) is 0. The largest absolute Gasteiger partial charge is 0.227 e. The Bertz CT molecular complexity index is 709. The van der Waals surface area contributed by atoms with E-state index in [0.29, 0.717) is 5.02 Å². The average Bonchev–Trinajstić information content (AvgIpc) is 3.02. The van der Waals surface area contributed by atoms with Crippen LogP contribution in [0.2, 0.25) is 5.02 Å². The summed E-state index contributed by atoms with van der Waals surface area (Å²) in [4.78, 5) is 10.4.